The van der Waals surface area contributed by atoms with E-state index in [0.29, 0.717) is 25.9 Å². The minimum absolute atomic E-state index is 0.0416. The van der Waals surface area contributed by atoms with E-state index in [1.165, 1.54) is 16.7 Å². The summed E-state index contributed by atoms with van der Waals surface area (Å²) < 4.78 is 42.0. The molecule has 1 aliphatic heterocycles. The summed E-state index contributed by atoms with van der Waals surface area (Å²) in [5, 5.41) is 0.966. The van der Waals surface area contributed by atoms with Gasteiger partial charge in [-0.2, -0.15) is 13.2 Å². The van der Waals surface area contributed by atoms with E-state index in [-0.39, 0.29) is 23.4 Å². The van der Waals surface area contributed by atoms with Gasteiger partial charge in [0.25, 0.3) is 0 Å². The molecule has 1 fully saturated rings. The van der Waals surface area contributed by atoms with Crippen LogP contribution in [0, 0.1) is 6.92 Å². The number of H-pyrrole nitrogens is 1. The fourth-order valence-corrected chi connectivity index (χ4v) is 4.80. The van der Waals surface area contributed by atoms with Crippen molar-refractivity contribution >= 4 is 27.8 Å². The number of hydrogen-bond donors (Lipinski definition) is 1. The van der Waals surface area contributed by atoms with E-state index in [1.54, 1.807) is 4.90 Å². The maximum absolute atomic E-state index is 13.6. The van der Waals surface area contributed by atoms with Gasteiger partial charge in [-0.15, -0.1) is 0 Å². The zero-order valence-corrected chi connectivity index (χ0v) is 18.5. The van der Waals surface area contributed by atoms with Gasteiger partial charge in [-0.05, 0) is 55.7 Å². The van der Waals surface area contributed by atoms with Crippen molar-refractivity contribution in [2.75, 3.05) is 13.1 Å². The van der Waals surface area contributed by atoms with Gasteiger partial charge >= 0.3 is 11.9 Å². The van der Waals surface area contributed by atoms with Crippen LogP contribution >= 0.6 is 0 Å². The van der Waals surface area contributed by atoms with Crippen LogP contribution in [0.5, 0.6) is 0 Å². The molecule has 5 rings (SSSR count). The number of aromatic nitrogens is 3. The Morgan fingerprint density at radius 1 is 1.12 bits per heavy atom. The van der Waals surface area contributed by atoms with E-state index in [1.807, 2.05) is 37.3 Å². The molecule has 2 aromatic carbocycles. The molecule has 0 spiro atoms. The molecule has 0 atom stereocenters. The molecule has 0 aliphatic carbocycles. The number of benzene rings is 2. The number of nitrogens with zero attached hydrogens (tertiary/aromatic N) is 3. The number of fused-ring (bicyclic) bond motifs is 2. The van der Waals surface area contributed by atoms with Gasteiger partial charge in [0, 0.05) is 30.2 Å². The summed E-state index contributed by atoms with van der Waals surface area (Å²) in [7, 11) is 0. The standard InChI is InChI=1S/C25H23F3N4O2/c1-15-5-7-17-13-16(6-8-20(17)29-15)14-22(33)31-11-9-18(10-12-31)32-23-19(25(26,27)28)3-2-4-21(23)30-24(32)34/h2-8,13,18H,9-12,14H2,1H3,(H,30,34). The Labute approximate surface area is 193 Å². The van der Waals surface area contributed by atoms with Crippen LogP contribution in [0.15, 0.2) is 53.3 Å². The van der Waals surface area contributed by atoms with Crippen LogP contribution in [-0.2, 0) is 17.4 Å². The maximum Gasteiger partial charge on any atom is 0.418 e. The molecule has 0 radical (unpaired) electrons. The predicted molar refractivity (Wildman–Crippen MR) is 123 cm³/mol. The van der Waals surface area contributed by atoms with Gasteiger partial charge in [-0.1, -0.05) is 18.2 Å². The Morgan fingerprint density at radius 2 is 1.88 bits per heavy atom. The summed E-state index contributed by atoms with van der Waals surface area (Å²) in [4.78, 5) is 34.2. The number of imidazole rings is 1. The molecule has 0 bridgehead atoms. The van der Waals surface area contributed by atoms with E-state index in [2.05, 4.69) is 9.97 Å². The lowest BCUT2D eigenvalue weighted by Crippen LogP contribution is -2.41. The largest absolute Gasteiger partial charge is 0.418 e. The van der Waals surface area contributed by atoms with Gasteiger partial charge in [0.15, 0.2) is 0 Å². The highest BCUT2D eigenvalue weighted by molar-refractivity contribution is 5.83. The molecule has 1 amide bonds. The predicted octanol–water partition coefficient (Wildman–Crippen LogP) is 4.61. The van der Waals surface area contributed by atoms with E-state index in [0.717, 1.165) is 28.2 Å². The third-order valence-corrected chi connectivity index (χ3v) is 6.47. The van der Waals surface area contributed by atoms with Gasteiger partial charge in [0.2, 0.25) is 5.91 Å². The number of para-hydroxylation sites is 1. The van der Waals surface area contributed by atoms with E-state index < -0.39 is 23.5 Å². The third kappa shape index (κ3) is 4.06. The monoisotopic (exact) mass is 468 g/mol. The second kappa shape index (κ2) is 8.30. The van der Waals surface area contributed by atoms with Crippen LogP contribution in [0.1, 0.15) is 35.7 Å². The fourth-order valence-electron chi connectivity index (χ4n) is 4.80. The average molecular weight is 468 g/mol. The van der Waals surface area contributed by atoms with Crippen LogP contribution in [0.2, 0.25) is 0 Å². The first-order valence-electron chi connectivity index (χ1n) is 11.2. The number of aryl methyl sites for hydroxylation is 1. The Kier molecular flexibility index (Phi) is 5.42. The summed E-state index contributed by atoms with van der Waals surface area (Å²) in [6, 6.07) is 13.0. The van der Waals surface area contributed by atoms with Crippen LogP contribution in [0.4, 0.5) is 13.2 Å². The number of piperidine rings is 1. The summed E-state index contributed by atoms with van der Waals surface area (Å²) in [6.45, 7) is 2.69. The molecular weight excluding hydrogens is 445 g/mol. The molecular formula is C25H23F3N4O2. The van der Waals surface area contributed by atoms with Gasteiger partial charge in [0.05, 0.1) is 28.5 Å². The Bertz CT molecular complexity index is 1450. The minimum Gasteiger partial charge on any atom is -0.342 e. The van der Waals surface area contributed by atoms with Crippen molar-refractivity contribution in [2.45, 2.75) is 38.4 Å². The van der Waals surface area contributed by atoms with E-state index in [4.69, 9.17) is 0 Å². The number of carbonyl (C=O) groups is 1. The highest BCUT2D eigenvalue weighted by atomic mass is 19.4. The van der Waals surface area contributed by atoms with E-state index >= 15 is 0 Å². The highest BCUT2D eigenvalue weighted by Gasteiger charge is 2.36. The normalized spacial score (nSPS) is 15.4. The molecule has 0 unspecified atom stereocenters. The Hall–Kier alpha value is -3.62. The summed E-state index contributed by atoms with van der Waals surface area (Å²) in [6.07, 6.45) is -3.52. The Morgan fingerprint density at radius 3 is 2.62 bits per heavy atom. The molecule has 2 aromatic heterocycles. The molecule has 176 valence electrons. The molecule has 1 saturated heterocycles. The smallest absolute Gasteiger partial charge is 0.342 e. The van der Waals surface area contributed by atoms with Crippen molar-refractivity contribution in [3.63, 3.8) is 0 Å². The van der Waals surface area contributed by atoms with E-state index in [9.17, 15) is 22.8 Å². The second-order valence-corrected chi connectivity index (χ2v) is 8.77. The van der Waals surface area contributed by atoms with Crippen molar-refractivity contribution < 1.29 is 18.0 Å². The number of pyridine rings is 1. The van der Waals surface area contributed by atoms with Crippen LogP contribution in [0.25, 0.3) is 21.9 Å². The zero-order chi connectivity index (χ0) is 24.0. The van der Waals surface area contributed by atoms with Crippen molar-refractivity contribution in [3.05, 3.63) is 75.8 Å². The molecule has 0 saturated carbocycles. The molecule has 9 heteroatoms. The molecule has 34 heavy (non-hydrogen) atoms. The number of alkyl halides is 3. The number of nitrogens with one attached hydrogen (secondary N) is 1. The van der Waals surface area contributed by atoms with Gasteiger partial charge in [-0.25, -0.2) is 4.79 Å². The first-order valence-corrected chi connectivity index (χ1v) is 11.2. The lowest BCUT2D eigenvalue weighted by molar-refractivity contribution is -0.136. The number of aromatic amines is 1. The topological polar surface area (TPSA) is 71.0 Å². The summed E-state index contributed by atoms with van der Waals surface area (Å²) in [5.74, 6) is -0.0416. The van der Waals surface area contributed by atoms with Crippen LogP contribution in [-0.4, -0.2) is 38.4 Å². The highest BCUT2D eigenvalue weighted by Crippen LogP contribution is 2.36. The average Bonchev–Trinajstić information content (AvgIpc) is 3.14. The number of rotatable bonds is 3. The first kappa shape index (κ1) is 22.2. The number of hydrogen-bond acceptors (Lipinski definition) is 3. The molecule has 6 nitrogen and oxygen atoms in total. The second-order valence-electron chi connectivity index (χ2n) is 8.77. The number of amides is 1. The van der Waals surface area contributed by atoms with Crippen molar-refractivity contribution in [2.24, 2.45) is 0 Å². The fraction of sp³-hybridized carbons (Fsp3) is 0.320. The molecule has 1 aliphatic rings. The van der Waals surface area contributed by atoms with Crippen molar-refractivity contribution in [3.8, 4) is 0 Å². The maximum atomic E-state index is 13.6. The number of likely N-dealkylation sites (tertiary alicyclic amines) is 1. The van der Waals surface area contributed by atoms with Crippen LogP contribution in [0.3, 0.4) is 0 Å². The van der Waals surface area contributed by atoms with Crippen molar-refractivity contribution in [1.29, 1.82) is 0 Å². The lowest BCUT2D eigenvalue weighted by atomic mass is 10.0. The van der Waals surface area contributed by atoms with Gasteiger partial charge in [-0.3, -0.25) is 14.3 Å². The SMILES string of the molecule is Cc1ccc2cc(CC(=O)N3CCC(n4c(=O)[nH]c5cccc(C(F)(F)F)c54)CC3)ccc2n1. The minimum atomic E-state index is -4.57. The Balaban J connectivity index is 1.32. The summed E-state index contributed by atoms with van der Waals surface area (Å²) in [5.41, 5.74) is 1.34. The molecule has 4 aromatic rings. The lowest BCUT2D eigenvalue weighted by Gasteiger charge is -2.33. The van der Waals surface area contributed by atoms with Gasteiger partial charge < -0.3 is 9.88 Å². The van der Waals surface area contributed by atoms with Crippen LogP contribution < -0.4 is 5.69 Å². The molecule has 1 N–H and O–H groups in total. The first-order chi connectivity index (χ1) is 16.2. The number of carbonyl (C=O) groups excluding carboxylic acids is 1. The quantitative estimate of drug-likeness (QED) is 0.477. The summed E-state index contributed by atoms with van der Waals surface area (Å²) >= 11 is 0. The number of halogens is 3. The molecule has 3 heterocycles. The van der Waals surface area contributed by atoms with Crippen molar-refractivity contribution in [1.82, 2.24) is 19.4 Å². The van der Waals surface area contributed by atoms with Gasteiger partial charge in [0.1, 0.15) is 0 Å². The zero-order valence-electron chi connectivity index (χ0n) is 18.5. The third-order valence-electron chi connectivity index (χ3n) is 6.47.